The van der Waals surface area contributed by atoms with E-state index in [-0.39, 0.29) is 41.0 Å². The first-order valence-corrected chi connectivity index (χ1v) is 10.4. The Hall–Kier alpha value is -3.33. The van der Waals surface area contributed by atoms with Crippen molar-refractivity contribution in [2.24, 2.45) is 0 Å². The quantitative estimate of drug-likeness (QED) is 0.371. The van der Waals surface area contributed by atoms with Crippen LogP contribution in [0.3, 0.4) is 0 Å². The Labute approximate surface area is 183 Å². The topological polar surface area (TPSA) is 110 Å². The number of carbonyl (C=O) groups excluding carboxylic acids is 2. The fourth-order valence-corrected chi connectivity index (χ4v) is 3.95. The molecule has 2 amide bonds. The molecule has 0 spiro atoms. The van der Waals surface area contributed by atoms with E-state index in [4.69, 9.17) is 4.74 Å². The molecule has 31 heavy (non-hydrogen) atoms. The van der Waals surface area contributed by atoms with Crippen molar-refractivity contribution < 1.29 is 24.4 Å². The summed E-state index contributed by atoms with van der Waals surface area (Å²) in [4.78, 5) is 36.5. The van der Waals surface area contributed by atoms with Crippen molar-refractivity contribution in [1.82, 2.24) is 4.90 Å². The zero-order valence-corrected chi connectivity index (χ0v) is 18.1. The molecular formula is C22H22N2O6S. The number of nitro benzene ring substituents is 1. The molecule has 9 heteroatoms. The molecule has 1 saturated heterocycles. The first-order chi connectivity index (χ1) is 14.7. The molecule has 1 aliphatic rings. The molecule has 0 aliphatic carbocycles. The van der Waals surface area contributed by atoms with Gasteiger partial charge in [-0.1, -0.05) is 26.0 Å². The van der Waals surface area contributed by atoms with Crippen LogP contribution in [0.1, 0.15) is 36.5 Å². The van der Waals surface area contributed by atoms with Crippen LogP contribution in [0.5, 0.6) is 11.5 Å². The second-order valence-corrected chi connectivity index (χ2v) is 8.37. The second kappa shape index (κ2) is 9.22. The van der Waals surface area contributed by atoms with Crippen LogP contribution >= 0.6 is 11.8 Å². The molecule has 0 aromatic heterocycles. The number of non-ortho nitro benzene ring substituents is 1. The number of imide groups is 1. The van der Waals surface area contributed by atoms with Crippen LogP contribution < -0.4 is 4.74 Å². The predicted molar refractivity (Wildman–Crippen MR) is 118 cm³/mol. The number of nitro groups is 1. The van der Waals surface area contributed by atoms with Crippen LogP contribution in [-0.4, -0.2) is 39.2 Å². The monoisotopic (exact) mass is 442 g/mol. The number of rotatable bonds is 7. The van der Waals surface area contributed by atoms with E-state index in [9.17, 15) is 24.8 Å². The van der Waals surface area contributed by atoms with Crippen LogP contribution in [0, 0.1) is 17.0 Å². The van der Waals surface area contributed by atoms with E-state index in [0.717, 1.165) is 45.7 Å². The van der Waals surface area contributed by atoms with Crippen molar-refractivity contribution in [3.05, 3.63) is 68.1 Å². The van der Waals surface area contributed by atoms with Crippen molar-refractivity contribution in [1.29, 1.82) is 0 Å². The molecular weight excluding hydrogens is 420 g/mol. The molecule has 162 valence electrons. The van der Waals surface area contributed by atoms with Gasteiger partial charge in [-0.15, -0.1) is 0 Å². The fourth-order valence-electron chi connectivity index (χ4n) is 3.10. The molecule has 0 atom stereocenters. The minimum atomic E-state index is -0.601. The highest BCUT2D eigenvalue weighted by molar-refractivity contribution is 8.18. The minimum Gasteiger partial charge on any atom is -0.507 e. The molecule has 1 N–H and O–H groups in total. The third-order valence-electron chi connectivity index (χ3n) is 4.75. The smallest absolute Gasteiger partial charge is 0.293 e. The van der Waals surface area contributed by atoms with E-state index >= 15 is 0 Å². The van der Waals surface area contributed by atoms with Gasteiger partial charge < -0.3 is 9.84 Å². The van der Waals surface area contributed by atoms with Gasteiger partial charge in [0.1, 0.15) is 18.1 Å². The zero-order chi connectivity index (χ0) is 22.7. The van der Waals surface area contributed by atoms with Crippen molar-refractivity contribution in [2.75, 3.05) is 13.2 Å². The normalized spacial score (nSPS) is 15.2. The summed E-state index contributed by atoms with van der Waals surface area (Å²) >= 11 is 0.718. The summed E-state index contributed by atoms with van der Waals surface area (Å²) in [5.41, 5.74) is 1.96. The summed E-state index contributed by atoms with van der Waals surface area (Å²) in [7, 11) is 0. The van der Waals surface area contributed by atoms with Gasteiger partial charge in [-0.05, 0) is 53.9 Å². The SMILES string of the molecule is Cc1ccc(C(C)C)c(OCCN2C(=O)S/C(=C\c3cc([N+](=O)[O-])ccc3O)C2=O)c1. The summed E-state index contributed by atoms with van der Waals surface area (Å²) in [5, 5.41) is 20.4. The Morgan fingerprint density at radius 3 is 2.65 bits per heavy atom. The number of hydrogen-bond acceptors (Lipinski definition) is 7. The molecule has 1 aliphatic heterocycles. The third-order valence-corrected chi connectivity index (χ3v) is 5.65. The lowest BCUT2D eigenvalue weighted by molar-refractivity contribution is -0.384. The highest BCUT2D eigenvalue weighted by Crippen LogP contribution is 2.35. The molecule has 0 bridgehead atoms. The first-order valence-electron chi connectivity index (χ1n) is 9.63. The van der Waals surface area contributed by atoms with Gasteiger partial charge in [-0.25, -0.2) is 0 Å². The van der Waals surface area contributed by atoms with E-state index < -0.39 is 16.1 Å². The first kappa shape index (κ1) is 22.4. The van der Waals surface area contributed by atoms with E-state index in [1.165, 1.54) is 12.1 Å². The van der Waals surface area contributed by atoms with Gasteiger partial charge in [0.05, 0.1) is 16.4 Å². The number of thioether (sulfide) groups is 1. The molecule has 0 saturated carbocycles. The molecule has 2 aromatic carbocycles. The standard InChI is InChI=1S/C22H22N2O6S/c1-13(2)17-6-4-14(3)10-19(17)30-9-8-23-21(26)20(31-22(23)27)12-15-11-16(24(28)29)5-7-18(15)25/h4-7,10-13,25H,8-9H2,1-3H3/b20-12-. The van der Waals surface area contributed by atoms with E-state index in [2.05, 4.69) is 13.8 Å². The van der Waals surface area contributed by atoms with E-state index in [1.54, 1.807) is 0 Å². The molecule has 0 radical (unpaired) electrons. The van der Waals surface area contributed by atoms with Crippen LogP contribution in [0.25, 0.3) is 6.08 Å². The number of amides is 2. The largest absolute Gasteiger partial charge is 0.507 e. The van der Waals surface area contributed by atoms with Gasteiger partial charge in [-0.3, -0.25) is 24.6 Å². The maximum Gasteiger partial charge on any atom is 0.293 e. The second-order valence-electron chi connectivity index (χ2n) is 7.38. The van der Waals surface area contributed by atoms with Crippen molar-refractivity contribution in [3.8, 4) is 11.5 Å². The maximum absolute atomic E-state index is 12.7. The van der Waals surface area contributed by atoms with Crippen molar-refractivity contribution in [3.63, 3.8) is 0 Å². The number of hydrogen-bond donors (Lipinski definition) is 1. The Balaban J connectivity index is 1.72. The van der Waals surface area contributed by atoms with Crippen molar-refractivity contribution in [2.45, 2.75) is 26.7 Å². The van der Waals surface area contributed by atoms with Crippen LogP contribution in [-0.2, 0) is 4.79 Å². The van der Waals surface area contributed by atoms with Gasteiger partial charge >= 0.3 is 0 Å². The van der Waals surface area contributed by atoms with Crippen LogP contribution in [0.4, 0.5) is 10.5 Å². The van der Waals surface area contributed by atoms with Gasteiger partial charge in [0, 0.05) is 17.7 Å². The average Bonchev–Trinajstić information content (AvgIpc) is 2.96. The number of aryl methyl sites for hydroxylation is 1. The lowest BCUT2D eigenvalue weighted by Gasteiger charge is -2.17. The average molecular weight is 442 g/mol. The highest BCUT2D eigenvalue weighted by Gasteiger charge is 2.35. The van der Waals surface area contributed by atoms with Gasteiger partial charge in [0.2, 0.25) is 0 Å². The van der Waals surface area contributed by atoms with Gasteiger partial charge in [-0.2, -0.15) is 0 Å². The minimum absolute atomic E-state index is 0.0639. The number of benzene rings is 2. The fraction of sp³-hybridized carbons (Fsp3) is 0.273. The van der Waals surface area contributed by atoms with Crippen LogP contribution in [0.15, 0.2) is 41.3 Å². The number of ether oxygens (including phenoxy) is 1. The summed E-state index contributed by atoms with van der Waals surface area (Å²) in [6, 6.07) is 9.42. The maximum atomic E-state index is 12.7. The number of nitrogens with zero attached hydrogens (tertiary/aromatic N) is 2. The summed E-state index contributed by atoms with van der Waals surface area (Å²) in [5.74, 6) is 0.233. The number of carbonyl (C=O) groups is 2. The Morgan fingerprint density at radius 2 is 1.97 bits per heavy atom. The summed E-state index contributed by atoms with van der Waals surface area (Å²) in [6.45, 7) is 6.27. The number of phenolic OH excluding ortho intramolecular Hbond substituents is 1. The lowest BCUT2D eigenvalue weighted by Crippen LogP contribution is -2.32. The Bertz CT molecular complexity index is 1080. The highest BCUT2D eigenvalue weighted by atomic mass is 32.2. The molecule has 3 rings (SSSR count). The van der Waals surface area contributed by atoms with Crippen LogP contribution in [0.2, 0.25) is 0 Å². The lowest BCUT2D eigenvalue weighted by atomic mass is 10.0. The predicted octanol–water partition coefficient (Wildman–Crippen LogP) is 4.85. The van der Waals surface area contributed by atoms with Gasteiger partial charge in [0.15, 0.2) is 0 Å². The Kier molecular flexibility index (Phi) is 6.65. The number of aromatic hydroxyl groups is 1. The number of phenols is 1. The third kappa shape index (κ3) is 5.05. The van der Waals surface area contributed by atoms with Gasteiger partial charge in [0.25, 0.3) is 16.8 Å². The summed E-state index contributed by atoms with van der Waals surface area (Å²) < 4.78 is 5.86. The molecule has 0 unspecified atom stereocenters. The zero-order valence-electron chi connectivity index (χ0n) is 17.3. The summed E-state index contributed by atoms with van der Waals surface area (Å²) in [6.07, 6.45) is 1.28. The molecule has 1 fully saturated rings. The molecule has 2 aromatic rings. The Morgan fingerprint density at radius 1 is 1.23 bits per heavy atom. The molecule has 8 nitrogen and oxygen atoms in total. The molecule has 1 heterocycles. The van der Waals surface area contributed by atoms with Crippen molar-refractivity contribution >= 4 is 34.7 Å². The van der Waals surface area contributed by atoms with E-state index in [0.29, 0.717) is 0 Å². The van der Waals surface area contributed by atoms with E-state index in [1.807, 2.05) is 25.1 Å².